The number of carbonyl (C=O) groups excluding carboxylic acids is 1. The number of rotatable bonds is 5. The van der Waals surface area contributed by atoms with Gasteiger partial charge in [0.1, 0.15) is 0 Å². The van der Waals surface area contributed by atoms with Gasteiger partial charge in [-0.2, -0.15) is 5.21 Å². The van der Waals surface area contributed by atoms with Crippen LogP contribution in [0.15, 0.2) is 0 Å². The van der Waals surface area contributed by atoms with Crippen LogP contribution in [0.2, 0.25) is 0 Å². The summed E-state index contributed by atoms with van der Waals surface area (Å²) in [5.41, 5.74) is 0. The number of nitrogens with zero attached hydrogens (tertiary/aromatic N) is 4. The van der Waals surface area contributed by atoms with E-state index in [2.05, 4.69) is 20.6 Å². The largest absolute Gasteiger partial charge is 0.376 e. The summed E-state index contributed by atoms with van der Waals surface area (Å²) in [6.45, 7) is 2.67. The van der Waals surface area contributed by atoms with E-state index in [1.54, 1.807) is 4.90 Å². The number of hydrogen-bond donors (Lipinski definition) is 1. The van der Waals surface area contributed by atoms with Crippen molar-refractivity contribution < 1.29 is 14.3 Å². The average molecular weight is 281 g/mol. The Balaban J connectivity index is 1.66. The number of hydrogen-bond acceptors (Lipinski definition) is 6. The van der Waals surface area contributed by atoms with Gasteiger partial charge in [-0.1, -0.05) is 0 Å². The van der Waals surface area contributed by atoms with Gasteiger partial charge in [0.15, 0.2) is 0 Å². The Bertz CT molecular complexity index is 408. The number of aromatic amines is 1. The number of amides is 1. The Kier molecular flexibility index (Phi) is 4.22. The average Bonchev–Trinajstić information content (AvgIpc) is 3.20. The third kappa shape index (κ3) is 3.13. The fourth-order valence-corrected chi connectivity index (χ4v) is 2.70. The number of aromatic nitrogens is 4. The third-order valence-corrected chi connectivity index (χ3v) is 3.72. The molecule has 0 radical (unpaired) electrons. The molecule has 0 spiro atoms. The minimum Gasteiger partial charge on any atom is -0.376 e. The monoisotopic (exact) mass is 281 g/mol. The Hall–Kier alpha value is -1.54. The van der Waals surface area contributed by atoms with Crippen molar-refractivity contribution >= 4 is 5.91 Å². The molecule has 3 heterocycles. The molecule has 2 atom stereocenters. The van der Waals surface area contributed by atoms with Crippen molar-refractivity contribution in [3.8, 4) is 0 Å². The zero-order valence-electron chi connectivity index (χ0n) is 11.3. The van der Waals surface area contributed by atoms with Crippen molar-refractivity contribution in [3.63, 3.8) is 0 Å². The van der Waals surface area contributed by atoms with Gasteiger partial charge in [-0.25, -0.2) is 0 Å². The lowest BCUT2D eigenvalue weighted by molar-refractivity contribution is 0.0300. The molecule has 2 fully saturated rings. The predicted octanol–water partition coefficient (Wildman–Crippen LogP) is -0.000100. The topological polar surface area (TPSA) is 93.2 Å². The Labute approximate surface area is 116 Å². The summed E-state index contributed by atoms with van der Waals surface area (Å²) in [5.74, 6) is -0.120. The highest BCUT2D eigenvalue weighted by Crippen LogP contribution is 2.18. The molecule has 0 aromatic carbocycles. The first-order chi connectivity index (χ1) is 9.83. The van der Waals surface area contributed by atoms with Crippen molar-refractivity contribution in [1.82, 2.24) is 25.5 Å². The van der Waals surface area contributed by atoms with Gasteiger partial charge < -0.3 is 14.4 Å². The zero-order valence-corrected chi connectivity index (χ0v) is 11.3. The molecule has 2 aliphatic heterocycles. The van der Waals surface area contributed by atoms with E-state index in [0.717, 1.165) is 38.9 Å². The number of ether oxygens (including phenoxy) is 2. The van der Waals surface area contributed by atoms with Gasteiger partial charge >= 0.3 is 0 Å². The van der Waals surface area contributed by atoms with Crippen LogP contribution in [0.3, 0.4) is 0 Å². The fourth-order valence-electron chi connectivity index (χ4n) is 2.70. The lowest BCUT2D eigenvalue weighted by Gasteiger charge is -2.26. The van der Waals surface area contributed by atoms with Gasteiger partial charge in [-0.15, -0.1) is 10.2 Å². The van der Waals surface area contributed by atoms with Crippen LogP contribution < -0.4 is 0 Å². The highest BCUT2D eigenvalue weighted by atomic mass is 16.5. The van der Waals surface area contributed by atoms with Crippen LogP contribution in [-0.4, -0.2) is 69.9 Å². The van der Waals surface area contributed by atoms with Crippen molar-refractivity contribution in [2.45, 2.75) is 37.9 Å². The van der Waals surface area contributed by atoms with Crippen LogP contribution in [0.1, 0.15) is 36.3 Å². The van der Waals surface area contributed by atoms with E-state index in [9.17, 15) is 4.79 Å². The quantitative estimate of drug-likeness (QED) is 0.816. The molecule has 0 aliphatic carbocycles. The second-order valence-electron chi connectivity index (χ2n) is 5.22. The maximum absolute atomic E-state index is 12.4. The summed E-state index contributed by atoms with van der Waals surface area (Å²) < 4.78 is 11.2. The summed E-state index contributed by atoms with van der Waals surface area (Å²) in [6, 6.07) is 0. The Morgan fingerprint density at radius 3 is 2.30 bits per heavy atom. The summed E-state index contributed by atoms with van der Waals surface area (Å²) in [5, 5.41) is 13.3. The smallest absolute Gasteiger partial charge is 0.295 e. The zero-order chi connectivity index (χ0) is 13.8. The number of tetrazole rings is 1. The van der Waals surface area contributed by atoms with E-state index in [-0.39, 0.29) is 23.9 Å². The Morgan fingerprint density at radius 2 is 1.85 bits per heavy atom. The molecule has 1 N–H and O–H groups in total. The number of H-pyrrole nitrogens is 1. The SMILES string of the molecule is O=C(c1nn[nH]n1)N(CC1CCCO1)CC1CCCO1. The molecule has 1 amide bonds. The van der Waals surface area contributed by atoms with Crippen LogP contribution in [0.25, 0.3) is 0 Å². The normalized spacial score (nSPS) is 26.0. The van der Waals surface area contributed by atoms with Crippen LogP contribution in [0.4, 0.5) is 0 Å². The van der Waals surface area contributed by atoms with Crippen LogP contribution in [0.5, 0.6) is 0 Å². The van der Waals surface area contributed by atoms with E-state index in [4.69, 9.17) is 9.47 Å². The first-order valence-electron chi connectivity index (χ1n) is 7.09. The van der Waals surface area contributed by atoms with Crippen molar-refractivity contribution in [2.75, 3.05) is 26.3 Å². The van der Waals surface area contributed by atoms with Crippen molar-refractivity contribution in [1.29, 1.82) is 0 Å². The molecule has 1 aromatic heterocycles. The first kappa shape index (κ1) is 13.4. The molecule has 2 saturated heterocycles. The lowest BCUT2D eigenvalue weighted by Crippen LogP contribution is -2.42. The molecule has 20 heavy (non-hydrogen) atoms. The predicted molar refractivity (Wildman–Crippen MR) is 68.0 cm³/mol. The molecule has 0 saturated carbocycles. The van der Waals surface area contributed by atoms with Gasteiger partial charge in [0.2, 0.25) is 0 Å². The van der Waals surface area contributed by atoms with E-state index < -0.39 is 0 Å². The van der Waals surface area contributed by atoms with Crippen LogP contribution in [-0.2, 0) is 9.47 Å². The molecule has 8 heteroatoms. The van der Waals surface area contributed by atoms with E-state index >= 15 is 0 Å². The molecular formula is C12H19N5O3. The molecule has 110 valence electrons. The van der Waals surface area contributed by atoms with E-state index in [0.29, 0.717) is 13.1 Å². The second-order valence-corrected chi connectivity index (χ2v) is 5.22. The third-order valence-electron chi connectivity index (χ3n) is 3.72. The maximum atomic E-state index is 12.4. The summed E-state index contributed by atoms with van der Waals surface area (Å²) in [6.07, 6.45) is 4.28. The highest BCUT2D eigenvalue weighted by molar-refractivity contribution is 5.90. The highest BCUT2D eigenvalue weighted by Gasteiger charge is 2.29. The molecule has 8 nitrogen and oxygen atoms in total. The van der Waals surface area contributed by atoms with Crippen LogP contribution in [0, 0.1) is 0 Å². The number of nitrogens with one attached hydrogen (secondary N) is 1. The molecule has 3 rings (SSSR count). The fraction of sp³-hybridized carbons (Fsp3) is 0.833. The molecule has 0 bridgehead atoms. The van der Waals surface area contributed by atoms with Gasteiger partial charge in [-0.05, 0) is 30.9 Å². The minimum atomic E-state index is -0.218. The van der Waals surface area contributed by atoms with Crippen LogP contribution >= 0.6 is 0 Å². The number of carbonyl (C=O) groups is 1. The molecular weight excluding hydrogens is 262 g/mol. The van der Waals surface area contributed by atoms with Gasteiger partial charge in [0.05, 0.1) is 12.2 Å². The van der Waals surface area contributed by atoms with E-state index in [1.807, 2.05) is 0 Å². The van der Waals surface area contributed by atoms with Gasteiger partial charge in [0, 0.05) is 26.3 Å². The molecule has 2 aliphatic rings. The summed E-state index contributed by atoms with van der Waals surface area (Å²) in [4.78, 5) is 14.1. The van der Waals surface area contributed by atoms with Crippen molar-refractivity contribution in [2.24, 2.45) is 0 Å². The summed E-state index contributed by atoms with van der Waals surface area (Å²) >= 11 is 0. The van der Waals surface area contributed by atoms with E-state index in [1.165, 1.54) is 0 Å². The first-order valence-corrected chi connectivity index (χ1v) is 7.09. The maximum Gasteiger partial charge on any atom is 0.295 e. The van der Waals surface area contributed by atoms with Gasteiger partial charge in [-0.3, -0.25) is 4.79 Å². The Morgan fingerprint density at radius 1 is 1.20 bits per heavy atom. The molecule has 1 aromatic rings. The summed E-state index contributed by atoms with van der Waals surface area (Å²) in [7, 11) is 0. The lowest BCUT2D eigenvalue weighted by atomic mass is 10.2. The minimum absolute atomic E-state index is 0.0981. The molecule has 2 unspecified atom stereocenters. The second kappa shape index (κ2) is 6.27. The standard InChI is InChI=1S/C12H19N5O3/c18-12(11-13-15-16-14-11)17(7-9-3-1-5-19-9)8-10-4-2-6-20-10/h9-10H,1-8H2,(H,13,14,15,16). The van der Waals surface area contributed by atoms with Gasteiger partial charge in [0.25, 0.3) is 11.7 Å². The van der Waals surface area contributed by atoms with Crippen molar-refractivity contribution in [3.05, 3.63) is 5.82 Å².